The molecule has 0 aliphatic heterocycles. The number of nitrogens with one attached hydrogen (secondary N) is 4. The molecule has 0 saturated heterocycles. The summed E-state index contributed by atoms with van der Waals surface area (Å²) >= 11 is 0. The van der Waals surface area contributed by atoms with E-state index in [1.807, 2.05) is 30.3 Å². The molecular weight excluding hydrogens is 256 g/mol. The first-order valence-electron chi connectivity index (χ1n) is 6.22. The number of carbonyl (C=O) groups excluding carboxylic acids is 1. The lowest BCUT2D eigenvalue weighted by atomic mass is 10.1. The summed E-state index contributed by atoms with van der Waals surface area (Å²) < 4.78 is 5.00. The van der Waals surface area contributed by atoms with Crippen LogP contribution in [0.15, 0.2) is 53.1 Å². The van der Waals surface area contributed by atoms with Gasteiger partial charge in [-0.3, -0.25) is 16.0 Å². The quantitative estimate of drug-likeness (QED) is 0.508. The van der Waals surface area contributed by atoms with Crippen LogP contribution in [0.25, 0.3) is 0 Å². The summed E-state index contributed by atoms with van der Waals surface area (Å²) in [6, 6.07) is 12.8. The van der Waals surface area contributed by atoms with Crippen molar-refractivity contribution in [2.24, 2.45) is 0 Å². The molecule has 1 aromatic heterocycles. The number of hydrogen-bond acceptors (Lipinski definition) is 3. The van der Waals surface area contributed by atoms with E-state index in [0.29, 0.717) is 12.4 Å². The maximum absolute atomic E-state index is 11.5. The summed E-state index contributed by atoms with van der Waals surface area (Å²) in [7, 11) is 0. The monoisotopic (exact) mass is 272 g/mol. The van der Waals surface area contributed by atoms with Crippen LogP contribution in [0.4, 0.5) is 10.7 Å². The number of rotatable bonds is 4. The molecule has 20 heavy (non-hydrogen) atoms. The van der Waals surface area contributed by atoms with Crippen LogP contribution >= 0.6 is 0 Å². The molecule has 0 saturated carbocycles. The van der Waals surface area contributed by atoms with Gasteiger partial charge in [0, 0.05) is 12.6 Å². The van der Waals surface area contributed by atoms with Crippen LogP contribution in [-0.2, 0) is 6.42 Å². The standard InChI is InChI=1S/C14H16N4O2/c15-13(17-12-7-4-10-20-12)18-14(19)16-9-8-11-5-2-1-3-6-11/h1-7,10H,8-9H2,(H4,15,16,17,18,19). The second-order valence-corrected chi connectivity index (χ2v) is 4.09. The second kappa shape index (κ2) is 6.98. The predicted molar refractivity (Wildman–Crippen MR) is 76.7 cm³/mol. The Morgan fingerprint density at radius 3 is 2.65 bits per heavy atom. The molecule has 2 rings (SSSR count). The van der Waals surface area contributed by atoms with E-state index in [1.54, 1.807) is 12.1 Å². The third-order valence-corrected chi connectivity index (χ3v) is 2.55. The van der Waals surface area contributed by atoms with Crippen LogP contribution in [0.3, 0.4) is 0 Å². The Morgan fingerprint density at radius 2 is 1.95 bits per heavy atom. The van der Waals surface area contributed by atoms with Crippen LogP contribution in [0.5, 0.6) is 0 Å². The van der Waals surface area contributed by atoms with E-state index in [-0.39, 0.29) is 5.96 Å². The van der Waals surface area contributed by atoms with E-state index in [0.717, 1.165) is 12.0 Å². The molecule has 2 aromatic rings. The fourth-order valence-electron chi connectivity index (χ4n) is 1.63. The Morgan fingerprint density at radius 1 is 1.15 bits per heavy atom. The summed E-state index contributed by atoms with van der Waals surface area (Å²) in [6.07, 6.45) is 2.22. The molecule has 0 aliphatic rings. The van der Waals surface area contributed by atoms with Crippen molar-refractivity contribution < 1.29 is 9.21 Å². The molecular formula is C14H16N4O2. The SMILES string of the molecule is N=C(NC(=O)NCCc1ccccc1)Nc1ccco1. The zero-order valence-electron chi connectivity index (χ0n) is 10.8. The fourth-order valence-corrected chi connectivity index (χ4v) is 1.63. The molecule has 4 N–H and O–H groups in total. The van der Waals surface area contributed by atoms with Crippen LogP contribution in [0.1, 0.15) is 5.56 Å². The first-order valence-corrected chi connectivity index (χ1v) is 6.22. The Bertz CT molecular complexity index is 552. The minimum absolute atomic E-state index is 0.142. The van der Waals surface area contributed by atoms with E-state index in [2.05, 4.69) is 16.0 Å². The van der Waals surface area contributed by atoms with Crippen LogP contribution in [0, 0.1) is 5.41 Å². The van der Waals surface area contributed by atoms with Crippen molar-refractivity contribution in [2.45, 2.75) is 6.42 Å². The molecule has 0 fully saturated rings. The van der Waals surface area contributed by atoms with Gasteiger partial charge in [0.05, 0.1) is 6.26 Å². The third-order valence-electron chi connectivity index (χ3n) is 2.55. The Balaban J connectivity index is 1.66. The summed E-state index contributed by atoms with van der Waals surface area (Å²) in [5, 5.41) is 15.2. The molecule has 6 heteroatoms. The normalized spacial score (nSPS) is 9.80. The number of benzene rings is 1. The van der Waals surface area contributed by atoms with Crippen molar-refractivity contribution in [3.63, 3.8) is 0 Å². The van der Waals surface area contributed by atoms with E-state index in [9.17, 15) is 4.79 Å². The molecule has 0 atom stereocenters. The summed E-state index contributed by atoms with van der Waals surface area (Å²) in [5.41, 5.74) is 1.15. The maximum Gasteiger partial charge on any atom is 0.321 e. The highest BCUT2D eigenvalue weighted by Gasteiger charge is 2.05. The molecule has 6 nitrogen and oxygen atoms in total. The zero-order valence-corrected chi connectivity index (χ0v) is 10.8. The zero-order chi connectivity index (χ0) is 14.2. The largest absolute Gasteiger partial charge is 0.449 e. The number of amides is 2. The molecule has 0 radical (unpaired) electrons. The van der Waals surface area contributed by atoms with Crippen LogP contribution in [-0.4, -0.2) is 18.5 Å². The number of hydrogen-bond donors (Lipinski definition) is 4. The maximum atomic E-state index is 11.5. The van der Waals surface area contributed by atoms with Gasteiger partial charge in [-0.25, -0.2) is 4.79 Å². The van der Waals surface area contributed by atoms with Crippen molar-refractivity contribution in [3.8, 4) is 0 Å². The predicted octanol–water partition coefficient (Wildman–Crippen LogP) is 2.17. The minimum atomic E-state index is -0.426. The van der Waals surface area contributed by atoms with E-state index in [1.165, 1.54) is 6.26 Å². The van der Waals surface area contributed by atoms with Gasteiger partial charge in [0.1, 0.15) is 0 Å². The van der Waals surface area contributed by atoms with E-state index in [4.69, 9.17) is 9.83 Å². The van der Waals surface area contributed by atoms with Crippen molar-refractivity contribution in [2.75, 3.05) is 11.9 Å². The Hall–Kier alpha value is -2.76. The smallest absolute Gasteiger partial charge is 0.321 e. The number of anilines is 1. The molecule has 2 amide bonds. The Kier molecular flexibility index (Phi) is 4.77. The third kappa shape index (κ3) is 4.49. The molecule has 1 aromatic carbocycles. The minimum Gasteiger partial charge on any atom is -0.449 e. The van der Waals surface area contributed by atoms with Gasteiger partial charge in [-0.05, 0) is 18.1 Å². The summed E-state index contributed by atoms with van der Waals surface area (Å²) in [6.45, 7) is 0.504. The number of guanidine groups is 1. The van der Waals surface area contributed by atoms with Gasteiger partial charge in [-0.2, -0.15) is 0 Å². The lowest BCUT2D eigenvalue weighted by molar-refractivity contribution is 0.245. The highest BCUT2D eigenvalue weighted by atomic mass is 16.3. The first-order chi connectivity index (χ1) is 9.74. The summed E-state index contributed by atoms with van der Waals surface area (Å²) in [5.74, 6) is 0.261. The van der Waals surface area contributed by atoms with Gasteiger partial charge in [-0.1, -0.05) is 30.3 Å². The second-order valence-electron chi connectivity index (χ2n) is 4.09. The lowest BCUT2D eigenvalue weighted by Crippen LogP contribution is -2.42. The average molecular weight is 272 g/mol. The van der Waals surface area contributed by atoms with Gasteiger partial charge < -0.3 is 9.73 Å². The van der Waals surface area contributed by atoms with Gasteiger partial charge in [-0.15, -0.1) is 0 Å². The fraction of sp³-hybridized carbons (Fsp3) is 0.143. The van der Waals surface area contributed by atoms with Crippen molar-refractivity contribution in [3.05, 3.63) is 54.3 Å². The van der Waals surface area contributed by atoms with Crippen molar-refractivity contribution in [1.82, 2.24) is 10.6 Å². The topological polar surface area (TPSA) is 90.2 Å². The van der Waals surface area contributed by atoms with Crippen molar-refractivity contribution >= 4 is 17.9 Å². The van der Waals surface area contributed by atoms with Crippen LogP contribution < -0.4 is 16.0 Å². The van der Waals surface area contributed by atoms with Gasteiger partial charge in [0.25, 0.3) is 0 Å². The van der Waals surface area contributed by atoms with Gasteiger partial charge >= 0.3 is 6.03 Å². The van der Waals surface area contributed by atoms with Crippen molar-refractivity contribution in [1.29, 1.82) is 5.41 Å². The van der Waals surface area contributed by atoms with Crippen LogP contribution in [0.2, 0.25) is 0 Å². The molecule has 0 bridgehead atoms. The van der Waals surface area contributed by atoms with E-state index < -0.39 is 6.03 Å². The molecule has 0 unspecified atom stereocenters. The molecule has 0 spiro atoms. The lowest BCUT2D eigenvalue weighted by Gasteiger charge is -2.08. The van der Waals surface area contributed by atoms with Gasteiger partial charge in [0.15, 0.2) is 5.88 Å². The highest BCUT2D eigenvalue weighted by Crippen LogP contribution is 2.05. The Labute approximate surface area is 116 Å². The number of urea groups is 1. The number of carbonyl (C=O) groups is 1. The average Bonchev–Trinajstić information content (AvgIpc) is 2.92. The summed E-state index contributed by atoms with van der Waals surface area (Å²) in [4.78, 5) is 11.5. The highest BCUT2D eigenvalue weighted by molar-refractivity contribution is 6.01. The molecule has 104 valence electrons. The van der Waals surface area contributed by atoms with Gasteiger partial charge in [0.2, 0.25) is 5.96 Å². The molecule has 1 heterocycles. The number of furan rings is 1. The van der Waals surface area contributed by atoms with E-state index >= 15 is 0 Å². The molecule has 0 aliphatic carbocycles. The first kappa shape index (κ1) is 13.7.